The highest BCUT2D eigenvalue weighted by Crippen LogP contribution is 2.23. The average molecular weight is 228 g/mol. The molecular formula is C13H12N2O2. The fraction of sp³-hybridized carbons (Fsp3) is 0.154. The van der Waals surface area contributed by atoms with Gasteiger partial charge in [0.2, 0.25) is 0 Å². The van der Waals surface area contributed by atoms with Crippen molar-refractivity contribution in [1.82, 2.24) is 4.98 Å². The number of allylic oxidation sites excluding steroid dienone is 1. The van der Waals surface area contributed by atoms with Crippen LogP contribution in [-0.2, 0) is 0 Å². The topological polar surface area (TPSA) is 56.0 Å². The van der Waals surface area contributed by atoms with Crippen LogP contribution in [0.1, 0.15) is 19.0 Å². The summed E-state index contributed by atoms with van der Waals surface area (Å²) >= 11 is 0. The molecule has 0 spiro atoms. The van der Waals surface area contributed by atoms with E-state index in [-0.39, 0.29) is 5.69 Å². The number of benzene rings is 1. The molecule has 4 nitrogen and oxygen atoms in total. The summed E-state index contributed by atoms with van der Waals surface area (Å²) in [5, 5.41) is 11.7. The summed E-state index contributed by atoms with van der Waals surface area (Å²) < 4.78 is 0. The number of nitro benzene ring substituents is 1. The first kappa shape index (κ1) is 11.3. The first-order valence-corrected chi connectivity index (χ1v) is 5.43. The summed E-state index contributed by atoms with van der Waals surface area (Å²) in [5.41, 5.74) is 1.23. The van der Waals surface area contributed by atoms with Gasteiger partial charge in [-0.1, -0.05) is 31.2 Å². The van der Waals surface area contributed by atoms with E-state index in [4.69, 9.17) is 0 Å². The van der Waals surface area contributed by atoms with Crippen molar-refractivity contribution >= 4 is 22.7 Å². The number of nitro groups is 1. The van der Waals surface area contributed by atoms with Crippen LogP contribution in [-0.4, -0.2) is 9.91 Å². The molecule has 0 aliphatic heterocycles. The van der Waals surface area contributed by atoms with Crippen molar-refractivity contribution in [2.24, 2.45) is 0 Å². The molecule has 0 bridgehead atoms. The maximum Gasteiger partial charge on any atom is 0.295 e. The van der Waals surface area contributed by atoms with Crippen LogP contribution in [0.5, 0.6) is 0 Å². The van der Waals surface area contributed by atoms with Crippen LogP contribution in [0.3, 0.4) is 0 Å². The van der Waals surface area contributed by atoms with Crippen LogP contribution in [0.4, 0.5) is 5.69 Å². The fourth-order valence-corrected chi connectivity index (χ4v) is 1.63. The van der Waals surface area contributed by atoms with E-state index in [0.29, 0.717) is 5.52 Å². The van der Waals surface area contributed by atoms with Crippen molar-refractivity contribution in [2.45, 2.75) is 13.3 Å². The Morgan fingerprint density at radius 1 is 1.35 bits per heavy atom. The minimum atomic E-state index is -0.400. The summed E-state index contributed by atoms with van der Waals surface area (Å²) in [4.78, 5) is 14.8. The van der Waals surface area contributed by atoms with Gasteiger partial charge >= 0.3 is 0 Å². The zero-order chi connectivity index (χ0) is 12.3. The van der Waals surface area contributed by atoms with Crippen molar-refractivity contribution in [3.63, 3.8) is 0 Å². The van der Waals surface area contributed by atoms with Crippen molar-refractivity contribution in [3.05, 3.63) is 52.2 Å². The van der Waals surface area contributed by atoms with Gasteiger partial charge in [0.25, 0.3) is 5.69 Å². The molecule has 0 radical (unpaired) electrons. The molecule has 86 valence electrons. The van der Waals surface area contributed by atoms with Gasteiger partial charge in [-0.15, -0.1) is 0 Å². The summed E-state index contributed by atoms with van der Waals surface area (Å²) in [6, 6.07) is 8.68. The molecule has 0 aliphatic rings. The van der Waals surface area contributed by atoms with Crippen molar-refractivity contribution in [1.29, 1.82) is 0 Å². The number of pyridine rings is 1. The van der Waals surface area contributed by atoms with Gasteiger partial charge in [0.05, 0.1) is 10.6 Å². The molecule has 4 heteroatoms. The molecule has 0 N–H and O–H groups in total. The third-order valence-electron chi connectivity index (χ3n) is 2.44. The second-order valence-corrected chi connectivity index (χ2v) is 3.65. The maximum atomic E-state index is 10.9. The van der Waals surface area contributed by atoms with E-state index >= 15 is 0 Å². The second-order valence-electron chi connectivity index (χ2n) is 3.65. The summed E-state index contributed by atoms with van der Waals surface area (Å²) in [7, 11) is 0. The monoisotopic (exact) mass is 228 g/mol. The number of hydrogen-bond acceptors (Lipinski definition) is 3. The lowest BCUT2D eigenvalue weighted by atomic mass is 10.1. The molecule has 0 atom stereocenters. The van der Waals surface area contributed by atoms with Crippen LogP contribution in [0, 0.1) is 10.1 Å². The smallest absolute Gasteiger partial charge is 0.258 e. The Bertz CT molecular complexity index is 591. The third-order valence-corrected chi connectivity index (χ3v) is 2.44. The molecule has 2 rings (SSSR count). The van der Waals surface area contributed by atoms with E-state index < -0.39 is 4.92 Å². The fourth-order valence-electron chi connectivity index (χ4n) is 1.63. The van der Waals surface area contributed by atoms with Crippen LogP contribution < -0.4 is 0 Å². The van der Waals surface area contributed by atoms with Gasteiger partial charge in [-0.3, -0.25) is 10.1 Å². The van der Waals surface area contributed by atoms with Gasteiger partial charge in [-0.2, -0.15) is 0 Å². The number of fused-ring (bicyclic) bond motifs is 1. The van der Waals surface area contributed by atoms with Gasteiger partial charge in [0.15, 0.2) is 0 Å². The van der Waals surface area contributed by atoms with Gasteiger partial charge in [0, 0.05) is 11.5 Å². The number of para-hydroxylation sites is 1. The van der Waals surface area contributed by atoms with Crippen molar-refractivity contribution in [2.75, 3.05) is 0 Å². The quantitative estimate of drug-likeness (QED) is 0.596. The zero-order valence-electron chi connectivity index (χ0n) is 9.46. The Morgan fingerprint density at radius 2 is 2.18 bits per heavy atom. The molecule has 0 amide bonds. The predicted molar refractivity (Wildman–Crippen MR) is 67.7 cm³/mol. The Kier molecular flexibility index (Phi) is 3.14. The SMILES string of the molecule is CC/C=C/c1ccc2cccc([N+](=O)[O-])c2n1. The first-order valence-electron chi connectivity index (χ1n) is 5.43. The lowest BCUT2D eigenvalue weighted by Gasteiger charge is -2.00. The van der Waals surface area contributed by atoms with Crippen molar-refractivity contribution in [3.8, 4) is 0 Å². The zero-order valence-corrected chi connectivity index (χ0v) is 9.46. The molecule has 0 saturated carbocycles. The largest absolute Gasteiger partial charge is 0.295 e. The molecule has 0 fully saturated rings. The van der Waals surface area contributed by atoms with E-state index in [0.717, 1.165) is 17.5 Å². The third kappa shape index (κ3) is 2.30. The summed E-state index contributed by atoms with van der Waals surface area (Å²) in [6.07, 6.45) is 4.76. The molecular weight excluding hydrogens is 216 g/mol. The van der Waals surface area contributed by atoms with Crippen molar-refractivity contribution < 1.29 is 4.92 Å². The Morgan fingerprint density at radius 3 is 2.88 bits per heavy atom. The highest BCUT2D eigenvalue weighted by atomic mass is 16.6. The molecule has 0 saturated heterocycles. The molecule has 17 heavy (non-hydrogen) atoms. The molecule has 2 aromatic rings. The first-order chi connectivity index (χ1) is 8.22. The molecule has 1 heterocycles. The average Bonchev–Trinajstić information content (AvgIpc) is 2.35. The highest BCUT2D eigenvalue weighted by molar-refractivity contribution is 5.87. The molecule has 0 aliphatic carbocycles. The Balaban J connectivity index is 2.61. The molecule has 0 unspecified atom stereocenters. The summed E-state index contributed by atoms with van der Waals surface area (Å²) in [6.45, 7) is 2.03. The number of nitrogens with zero attached hydrogens (tertiary/aromatic N) is 2. The predicted octanol–water partition coefficient (Wildman–Crippen LogP) is 3.57. The van der Waals surface area contributed by atoms with E-state index in [9.17, 15) is 10.1 Å². The minimum absolute atomic E-state index is 0.0502. The molecule has 1 aromatic heterocycles. The second kappa shape index (κ2) is 4.74. The van der Waals surface area contributed by atoms with Crippen LogP contribution in [0.15, 0.2) is 36.4 Å². The van der Waals surface area contributed by atoms with E-state index in [1.807, 2.05) is 37.3 Å². The van der Waals surface area contributed by atoms with E-state index in [1.54, 1.807) is 6.07 Å². The number of aromatic nitrogens is 1. The van der Waals surface area contributed by atoms with Gasteiger partial charge in [-0.05, 0) is 18.6 Å². The lowest BCUT2D eigenvalue weighted by Crippen LogP contribution is -1.92. The van der Waals surface area contributed by atoms with Gasteiger partial charge in [-0.25, -0.2) is 4.98 Å². The van der Waals surface area contributed by atoms with E-state index in [2.05, 4.69) is 4.98 Å². The van der Waals surface area contributed by atoms with E-state index in [1.165, 1.54) is 6.07 Å². The van der Waals surface area contributed by atoms with Crippen LogP contribution >= 0.6 is 0 Å². The Hall–Kier alpha value is -2.23. The Labute approximate surface area is 98.8 Å². The molecule has 1 aromatic carbocycles. The normalized spacial score (nSPS) is 11.1. The highest BCUT2D eigenvalue weighted by Gasteiger charge is 2.12. The number of hydrogen-bond donors (Lipinski definition) is 0. The number of rotatable bonds is 3. The van der Waals surface area contributed by atoms with Crippen LogP contribution in [0.25, 0.3) is 17.0 Å². The number of non-ortho nitro benzene ring substituents is 1. The van der Waals surface area contributed by atoms with Gasteiger partial charge < -0.3 is 0 Å². The maximum absolute atomic E-state index is 10.9. The summed E-state index contributed by atoms with van der Waals surface area (Å²) in [5.74, 6) is 0. The standard InChI is InChI=1S/C13H12N2O2/c1-2-3-6-11-9-8-10-5-4-7-12(15(16)17)13(10)14-11/h3-9H,2H2,1H3/b6-3+. The minimum Gasteiger partial charge on any atom is -0.258 e. The lowest BCUT2D eigenvalue weighted by molar-refractivity contribution is -0.383. The van der Waals surface area contributed by atoms with Crippen LogP contribution in [0.2, 0.25) is 0 Å². The van der Waals surface area contributed by atoms with Gasteiger partial charge in [0.1, 0.15) is 5.52 Å².